The van der Waals surface area contributed by atoms with Gasteiger partial charge in [-0.25, -0.2) is 9.97 Å². The number of nitrogens with two attached hydrogens (primary N) is 1. The van der Waals surface area contributed by atoms with Crippen molar-refractivity contribution in [2.45, 2.75) is 0 Å². The summed E-state index contributed by atoms with van der Waals surface area (Å²) in [5.41, 5.74) is 6.29. The number of aromatic nitrogens is 2. The first-order chi connectivity index (χ1) is 6.79. The molecule has 0 bridgehead atoms. The van der Waals surface area contributed by atoms with Crippen LogP contribution in [-0.2, 0) is 0 Å². The van der Waals surface area contributed by atoms with Gasteiger partial charge in [-0.3, -0.25) is 0 Å². The monoisotopic (exact) mass is 201 g/mol. The summed E-state index contributed by atoms with van der Waals surface area (Å²) in [7, 11) is 0. The zero-order valence-electron chi connectivity index (χ0n) is 7.27. The fourth-order valence-corrected chi connectivity index (χ4v) is 1.85. The lowest BCUT2D eigenvalue weighted by atomic mass is 10.3. The Labute approximate surface area is 85.6 Å². The third-order valence-electron chi connectivity index (χ3n) is 1.67. The molecule has 0 fully saturated rings. The Morgan fingerprint density at radius 2 is 2.21 bits per heavy atom. The first kappa shape index (κ1) is 8.73. The average Bonchev–Trinajstić information content (AvgIpc) is 2.66. The van der Waals surface area contributed by atoms with Gasteiger partial charge >= 0.3 is 0 Å². The van der Waals surface area contributed by atoms with E-state index in [2.05, 4.69) is 15.9 Å². The predicted octanol–water partition coefficient (Wildman–Crippen LogP) is 1.77. The summed E-state index contributed by atoms with van der Waals surface area (Å²) >= 11 is 1.51. The maximum Gasteiger partial charge on any atom is 0.220 e. The van der Waals surface area contributed by atoms with Crippen LogP contribution >= 0.6 is 11.3 Å². The second-order valence-corrected chi connectivity index (χ2v) is 3.69. The lowest BCUT2D eigenvalue weighted by molar-refractivity contribution is 1.19. The number of terminal acetylenes is 1. The first-order valence-electron chi connectivity index (χ1n) is 3.95. The zero-order valence-corrected chi connectivity index (χ0v) is 8.08. The largest absolute Gasteiger partial charge is 0.368 e. The molecule has 0 saturated carbocycles. The summed E-state index contributed by atoms with van der Waals surface area (Å²) in [6, 6.07) is 5.63. The molecule has 0 saturated heterocycles. The van der Waals surface area contributed by atoms with Crippen molar-refractivity contribution in [2.75, 3.05) is 5.73 Å². The Kier molecular flexibility index (Phi) is 2.17. The number of anilines is 1. The molecule has 2 N–H and O–H groups in total. The molecular weight excluding hydrogens is 194 g/mol. The van der Waals surface area contributed by atoms with E-state index in [0.29, 0.717) is 0 Å². The highest BCUT2D eigenvalue weighted by atomic mass is 32.1. The van der Waals surface area contributed by atoms with Gasteiger partial charge in [-0.05, 0) is 18.2 Å². The van der Waals surface area contributed by atoms with E-state index in [-0.39, 0.29) is 5.95 Å². The Morgan fingerprint density at radius 3 is 2.86 bits per heavy atom. The van der Waals surface area contributed by atoms with Gasteiger partial charge in [0, 0.05) is 6.20 Å². The van der Waals surface area contributed by atoms with Crippen molar-refractivity contribution < 1.29 is 0 Å². The van der Waals surface area contributed by atoms with Gasteiger partial charge in [0.05, 0.1) is 15.4 Å². The van der Waals surface area contributed by atoms with Gasteiger partial charge in [0.15, 0.2) is 0 Å². The number of nitrogens with zero attached hydrogens (tertiary/aromatic N) is 2. The summed E-state index contributed by atoms with van der Waals surface area (Å²) in [5.74, 6) is 2.85. The van der Waals surface area contributed by atoms with Crippen molar-refractivity contribution in [3.05, 3.63) is 29.3 Å². The highest BCUT2D eigenvalue weighted by Gasteiger charge is 2.03. The normalized spacial score (nSPS) is 9.64. The van der Waals surface area contributed by atoms with E-state index in [0.717, 1.165) is 15.4 Å². The molecular formula is C10H7N3S. The third-order valence-corrected chi connectivity index (χ3v) is 2.71. The van der Waals surface area contributed by atoms with Crippen molar-refractivity contribution in [1.29, 1.82) is 0 Å². The molecule has 4 heteroatoms. The molecule has 2 rings (SSSR count). The van der Waals surface area contributed by atoms with Crippen LogP contribution in [0, 0.1) is 12.3 Å². The summed E-state index contributed by atoms with van der Waals surface area (Å²) in [6.45, 7) is 0. The lowest BCUT2D eigenvalue weighted by Gasteiger charge is -1.95. The van der Waals surface area contributed by atoms with Crippen molar-refractivity contribution >= 4 is 17.3 Å². The summed E-state index contributed by atoms with van der Waals surface area (Å²) in [5, 5.41) is 0. The summed E-state index contributed by atoms with van der Waals surface area (Å²) in [4.78, 5) is 9.82. The van der Waals surface area contributed by atoms with Crippen LogP contribution in [0.5, 0.6) is 0 Å². The van der Waals surface area contributed by atoms with E-state index in [4.69, 9.17) is 12.2 Å². The number of hydrogen-bond donors (Lipinski definition) is 1. The predicted molar refractivity (Wildman–Crippen MR) is 57.7 cm³/mol. The van der Waals surface area contributed by atoms with Gasteiger partial charge in [-0.15, -0.1) is 17.8 Å². The highest BCUT2D eigenvalue weighted by molar-refractivity contribution is 7.16. The van der Waals surface area contributed by atoms with Crippen molar-refractivity contribution in [3.8, 4) is 22.9 Å². The van der Waals surface area contributed by atoms with E-state index >= 15 is 0 Å². The molecule has 0 aromatic carbocycles. The van der Waals surface area contributed by atoms with Crippen LogP contribution in [0.2, 0.25) is 0 Å². The Bertz CT molecular complexity index is 496. The van der Waals surface area contributed by atoms with Crippen LogP contribution in [0.25, 0.3) is 10.6 Å². The molecule has 2 heterocycles. The first-order valence-corrected chi connectivity index (χ1v) is 4.76. The molecule has 0 unspecified atom stereocenters. The third kappa shape index (κ3) is 1.58. The maximum atomic E-state index is 5.48. The SMILES string of the molecule is C#Cc1ccc(-c2ccnc(N)n2)s1. The van der Waals surface area contributed by atoms with Crippen LogP contribution in [-0.4, -0.2) is 9.97 Å². The van der Waals surface area contributed by atoms with Crippen molar-refractivity contribution in [1.82, 2.24) is 9.97 Å². The molecule has 0 aliphatic carbocycles. The Morgan fingerprint density at radius 1 is 1.36 bits per heavy atom. The molecule has 3 nitrogen and oxygen atoms in total. The molecule has 68 valence electrons. The molecule has 0 radical (unpaired) electrons. The molecule has 0 amide bonds. The van der Waals surface area contributed by atoms with E-state index < -0.39 is 0 Å². The topological polar surface area (TPSA) is 51.8 Å². The number of hydrogen-bond acceptors (Lipinski definition) is 4. The molecule has 2 aromatic heterocycles. The Hall–Kier alpha value is -1.86. The van der Waals surface area contributed by atoms with Crippen molar-refractivity contribution in [2.24, 2.45) is 0 Å². The Balaban J connectivity index is 2.45. The van der Waals surface area contributed by atoms with E-state index in [1.807, 2.05) is 18.2 Å². The maximum absolute atomic E-state index is 5.48. The van der Waals surface area contributed by atoms with Crippen LogP contribution in [0.4, 0.5) is 5.95 Å². The van der Waals surface area contributed by atoms with Gasteiger partial charge in [-0.2, -0.15) is 0 Å². The van der Waals surface area contributed by atoms with Crippen LogP contribution in [0.3, 0.4) is 0 Å². The van der Waals surface area contributed by atoms with E-state index in [1.54, 1.807) is 6.20 Å². The molecule has 0 aliphatic rings. The second-order valence-electron chi connectivity index (χ2n) is 2.61. The number of nitrogen functional groups attached to an aromatic ring is 1. The van der Waals surface area contributed by atoms with Crippen LogP contribution in [0.1, 0.15) is 4.88 Å². The molecule has 0 spiro atoms. The minimum absolute atomic E-state index is 0.276. The van der Waals surface area contributed by atoms with E-state index in [1.165, 1.54) is 11.3 Å². The molecule has 14 heavy (non-hydrogen) atoms. The van der Waals surface area contributed by atoms with Crippen molar-refractivity contribution in [3.63, 3.8) is 0 Å². The number of thiophene rings is 1. The van der Waals surface area contributed by atoms with Gasteiger partial charge in [0.1, 0.15) is 0 Å². The van der Waals surface area contributed by atoms with Gasteiger partial charge in [-0.1, -0.05) is 5.92 Å². The zero-order chi connectivity index (χ0) is 9.97. The molecule has 0 atom stereocenters. The van der Waals surface area contributed by atoms with Crippen LogP contribution in [0.15, 0.2) is 24.4 Å². The lowest BCUT2D eigenvalue weighted by Crippen LogP contribution is -1.93. The second kappa shape index (κ2) is 3.48. The summed E-state index contributed by atoms with van der Waals surface area (Å²) in [6.07, 6.45) is 6.91. The fourth-order valence-electron chi connectivity index (χ4n) is 1.06. The minimum atomic E-state index is 0.276. The smallest absolute Gasteiger partial charge is 0.220 e. The summed E-state index contributed by atoms with van der Waals surface area (Å²) < 4.78 is 0. The standard InChI is InChI=1S/C10H7N3S/c1-2-7-3-4-9(14-7)8-5-6-12-10(11)13-8/h1,3-6H,(H2,11,12,13). The molecule has 0 aliphatic heterocycles. The average molecular weight is 201 g/mol. The minimum Gasteiger partial charge on any atom is -0.368 e. The van der Waals surface area contributed by atoms with E-state index in [9.17, 15) is 0 Å². The van der Waals surface area contributed by atoms with Crippen LogP contribution < -0.4 is 5.73 Å². The highest BCUT2D eigenvalue weighted by Crippen LogP contribution is 2.25. The fraction of sp³-hybridized carbons (Fsp3) is 0. The number of rotatable bonds is 1. The quantitative estimate of drug-likeness (QED) is 0.715. The van der Waals surface area contributed by atoms with Gasteiger partial charge in [0.25, 0.3) is 0 Å². The molecule has 2 aromatic rings. The van der Waals surface area contributed by atoms with Gasteiger partial charge < -0.3 is 5.73 Å². The van der Waals surface area contributed by atoms with Gasteiger partial charge in [0.2, 0.25) is 5.95 Å².